The van der Waals surface area contributed by atoms with Crippen molar-refractivity contribution >= 4 is 23.9 Å². The molecule has 0 saturated heterocycles. The molecule has 47 heavy (non-hydrogen) atoms. The van der Waals surface area contributed by atoms with Crippen LogP contribution in [0.3, 0.4) is 0 Å². The van der Waals surface area contributed by atoms with E-state index in [1.165, 1.54) is 0 Å². The number of aryl methyl sites for hydroxylation is 1. The molecule has 0 fully saturated rings. The second-order valence-corrected chi connectivity index (χ2v) is 14.7. The van der Waals surface area contributed by atoms with E-state index in [9.17, 15) is 19.2 Å². The first-order valence-corrected chi connectivity index (χ1v) is 16.8. The number of ether oxygens (including phenoxy) is 2. The molecule has 2 aromatic carbocycles. The number of alkyl carbamates (subject to hydrolysis) is 1. The van der Waals surface area contributed by atoms with Crippen molar-refractivity contribution in [1.29, 1.82) is 0 Å². The average molecular weight is 652 g/mol. The smallest absolute Gasteiger partial charge is 0.408 e. The summed E-state index contributed by atoms with van der Waals surface area (Å²) in [5, 5.41) is 5.76. The molecular weight excluding hydrogens is 594 g/mol. The molecule has 0 bridgehead atoms. The van der Waals surface area contributed by atoms with Gasteiger partial charge in [-0.3, -0.25) is 9.59 Å². The van der Waals surface area contributed by atoms with Gasteiger partial charge in [-0.05, 0) is 78.4 Å². The summed E-state index contributed by atoms with van der Waals surface area (Å²) in [6.45, 7) is 18.8. The van der Waals surface area contributed by atoms with Gasteiger partial charge in [-0.2, -0.15) is 0 Å². The fraction of sp³-hybridized carbons (Fsp3) is 0.579. The predicted molar refractivity (Wildman–Crippen MR) is 186 cm³/mol. The summed E-state index contributed by atoms with van der Waals surface area (Å²) in [5.74, 6) is -1.40. The van der Waals surface area contributed by atoms with Crippen LogP contribution in [0.5, 0.6) is 0 Å². The largest absolute Gasteiger partial charge is 0.458 e. The van der Waals surface area contributed by atoms with Crippen molar-refractivity contribution in [2.45, 2.75) is 131 Å². The minimum atomic E-state index is -1.07. The molecule has 0 aliphatic rings. The monoisotopic (exact) mass is 651 g/mol. The minimum absolute atomic E-state index is 0.0602. The molecule has 9 heteroatoms. The zero-order valence-electron chi connectivity index (χ0n) is 30.1. The Balaban J connectivity index is 2.62. The van der Waals surface area contributed by atoms with Gasteiger partial charge in [0.15, 0.2) is 0 Å². The molecule has 0 aromatic heterocycles. The van der Waals surface area contributed by atoms with E-state index in [2.05, 4.69) is 17.6 Å². The lowest BCUT2D eigenvalue weighted by Crippen LogP contribution is -2.55. The van der Waals surface area contributed by atoms with Crippen molar-refractivity contribution in [3.8, 4) is 0 Å². The summed E-state index contributed by atoms with van der Waals surface area (Å²) in [4.78, 5) is 57.1. The first kappa shape index (κ1) is 39.3. The fourth-order valence-corrected chi connectivity index (χ4v) is 5.22. The number of unbranched alkanes of at least 4 members (excludes halogenated alkanes) is 2. The topological polar surface area (TPSA) is 114 Å². The highest BCUT2D eigenvalue weighted by atomic mass is 16.6. The van der Waals surface area contributed by atoms with Crippen LogP contribution in [0.4, 0.5) is 4.79 Å². The molecule has 2 N–H and O–H groups in total. The van der Waals surface area contributed by atoms with Crippen molar-refractivity contribution in [2.24, 2.45) is 5.92 Å². The van der Waals surface area contributed by atoms with Crippen LogP contribution in [0, 0.1) is 12.8 Å². The molecule has 3 unspecified atom stereocenters. The van der Waals surface area contributed by atoms with Crippen molar-refractivity contribution in [2.75, 3.05) is 6.54 Å². The highest BCUT2D eigenvalue weighted by Gasteiger charge is 2.38. The van der Waals surface area contributed by atoms with Gasteiger partial charge in [-0.25, -0.2) is 9.59 Å². The number of carbonyl (C=O) groups excluding carboxylic acids is 4. The Kier molecular flexibility index (Phi) is 14.9. The van der Waals surface area contributed by atoms with Gasteiger partial charge in [0.2, 0.25) is 11.8 Å². The number of benzene rings is 2. The van der Waals surface area contributed by atoms with Gasteiger partial charge in [0, 0.05) is 13.0 Å². The summed E-state index contributed by atoms with van der Waals surface area (Å²) < 4.78 is 11.2. The second kappa shape index (κ2) is 17.9. The first-order valence-electron chi connectivity index (χ1n) is 16.8. The van der Waals surface area contributed by atoms with Gasteiger partial charge in [0.05, 0.1) is 0 Å². The number of hydrogen-bond acceptors (Lipinski definition) is 6. The highest BCUT2D eigenvalue weighted by molar-refractivity contribution is 5.94. The lowest BCUT2D eigenvalue weighted by atomic mass is 9.97. The third kappa shape index (κ3) is 14.2. The number of esters is 1. The number of nitrogens with zero attached hydrogens (tertiary/aromatic N) is 1. The predicted octanol–water partition coefficient (Wildman–Crippen LogP) is 7.06. The molecule has 3 atom stereocenters. The molecule has 260 valence electrons. The van der Waals surface area contributed by atoms with Gasteiger partial charge in [0.1, 0.15) is 29.3 Å². The number of amides is 3. The van der Waals surface area contributed by atoms with E-state index in [1.807, 2.05) is 75.4 Å². The maximum absolute atomic E-state index is 14.6. The van der Waals surface area contributed by atoms with Crippen molar-refractivity contribution in [3.63, 3.8) is 0 Å². The average Bonchev–Trinajstić information content (AvgIpc) is 2.94. The Morgan fingerprint density at radius 2 is 1.45 bits per heavy atom. The Morgan fingerprint density at radius 3 is 2.00 bits per heavy atom. The lowest BCUT2D eigenvalue weighted by molar-refractivity contribution is -0.159. The zero-order valence-corrected chi connectivity index (χ0v) is 30.1. The number of nitrogens with one attached hydrogen (secondary N) is 2. The number of hydrogen-bond donors (Lipinski definition) is 2. The Hall–Kier alpha value is -3.88. The molecular formula is C38H57N3O6. The molecule has 0 aliphatic heterocycles. The SMILES string of the molecule is CCCCCN(C(=O)C(CC(C)C)NC(=O)OC(C)(C)C)C(C(=O)NC(Cc1ccccc1)C(=O)OC(C)(C)C)c1cccc(C)c1. The molecule has 0 saturated carbocycles. The van der Waals surface area contributed by atoms with E-state index in [-0.39, 0.29) is 24.8 Å². The number of carbonyl (C=O) groups is 4. The summed E-state index contributed by atoms with van der Waals surface area (Å²) >= 11 is 0. The molecule has 0 radical (unpaired) electrons. The molecule has 2 aromatic rings. The van der Waals surface area contributed by atoms with E-state index in [4.69, 9.17) is 9.47 Å². The van der Waals surface area contributed by atoms with Gasteiger partial charge in [0.25, 0.3) is 0 Å². The molecule has 0 aliphatic carbocycles. The normalized spacial score (nSPS) is 13.7. The summed E-state index contributed by atoms with van der Waals surface area (Å²) in [6, 6.07) is 13.9. The van der Waals surface area contributed by atoms with Crippen molar-refractivity contribution in [1.82, 2.24) is 15.5 Å². The van der Waals surface area contributed by atoms with Crippen LogP contribution in [-0.4, -0.2) is 58.6 Å². The maximum atomic E-state index is 14.6. The minimum Gasteiger partial charge on any atom is -0.458 e. The van der Waals surface area contributed by atoms with E-state index >= 15 is 0 Å². The maximum Gasteiger partial charge on any atom is 0.408 e. The van der Waals surface area contributed by atoms with Crippen LogP contribution in [0.1, 0.15) is 111 Å². The number of rotatable bonds is 15. The highest BCUT2D eigenvalue weighted by Crippen LogP contribution is 2.26. The van der Waals surface area contributed by atoms with Crippen molar-refractivity contribution in [3.05, 3.63) is 71.3 Å². The third-order valence-corrected chi connectivity index (χ3v) is 7.19. The quantitative estimate of drug-likeness (QED) is 0.157. The van der Waals surface area contributed by atoms with Gasteiger partial charge in [-0.15, -0.1) is 0 Å². The zero-order chi connectivity index (χ0) is 35.4. The van der Waals surface area contributed by atoms with Crippen LogP contribution in [0.15, 0.2) is 54.6 Å². The standard InChI is InChI=1S/C38H57N3O6/c1-11-12-16-22-41(34(43)30(23-26(2)3)40-36(45)47-38(8,9)10)32(29-21-17-18-27(4)24-29)33(42)39-31(35(44)46-37(5,6)7)25-28-19-14-13-15-20-28/h13-15,17-21,24,26,30-32H,11-12,16,22-23,25H2,1-10H3,(H,39,42)(H,40,45). The summed E-state index contributed by atoms with van der Waals surface area (Å²) in [7, 11) is 0. The summed E-state index contributed by atoms with van der Waals surface area (Å²) in [5.41, 5.74) is 0.850. The Labute approximate surface area is 282 Å². The molecule has 9 nitrogen and oxygen atoms in total. The Bertz CT molecular complexity index is 1310. The fourth-order valence-electron chi connectivity index (χ4n) is 5.22. The van der Waals surface area contributed by atoms with Crippen LogP contribution >= 0.6 is 0 Å². The molecule has 3 amide bonds. The van der Waals surface area contributed by atoms with Gasteiger partial charge >= 0.3 is 12.1 Å². The van der Waals surface area contributed by atoms with E-state index in [1.54, 1.807) is 46.4 Å². The van der Waals surface area contributed by atoms with Crippen LogP contribution in [0.2, 0.25) is 0 Å². The van der Waals surface area contributed by atoms with Gasteiger partial charge in [-0.1, -0.05) is 93.8 Å². The van der Waals surface area contributed by atoms with Crippen LogP contribution < -0.4 is 10.6 Å². The van der Waals surface area contributed by atoms with Crippen LogP contribution in [0.25, 0.3) is 0 Å². The molecule has 0 spiro atoms. The second-order valence-electron chi connectivity index (χ2n) is 14.7. The van der Waals surface area contributed by atoms with E-state index < -0.39 is 47.3 Å². The van der Waals surface area contributed by atoms with Crippen molar-refractivity contribution < 1.29 is 28.7 Å². The third-order valence-electron chi connectivity index (χ3n) is 7.19. The lowest BCUT2D eigenvalue weighted by Gasteiger charge is -2.36. The molecule has 0 heterocycles. The Morgan fingerprint density at radius 1 is 0.809 bits per heavy atom. The first-order chi connectivity index (χ1) is 21.9. The van der Waals surface area contributed by atoms with E-state index in [0.717, 1.165) is 24.0 Å². The van der Waals surface area contributed by atoms with Crippen LogP contribution in [-0.2, 0) is 30.3 Å². The van der Waals surface area contributed by atoms with E-state index in [0.29, 0.717) is 18.4 Å². The summed E-state index contributed by atoms with van der Waals surface area (Å²) in [6.07, 6.45) is 2.26. The molecule has 2 rings (SSSR count). The van der Waals surface area contributed by atoms with Gasteiger partial charge < -0.3 is 25.0 Å².